The van der Waals surface area contributed by atoms with Crippen LogP contribution in [0, 0.1) is 11.6 Å². The highest BCUT2D eigenvalue weighted by molar-refractivity contribution is 6.34. The molecule has 3 heterocycles. The first-order valence-electron chi connectivity index (χ1n) is 10.1. The highest BCUT2D eigenvalue weighted by Gasteiger charge is 2.27. The number of aliphatic hydroxyl groups is 1. The van der Waals surface area contributed by atoms with Gasteiger partial charge in [-0.15, -0.1) is 0 Å². The minimum atomic E-state index is -3.00. The fraction of sp³-hybridized carbons (Fsp3) is 0.217. The molecule has 176 valence electrons. The third-order valence-corrected chi connectivity index (χ3v) is 5.30. The van der Waals surface area contributed by atoms with Crippen LogP contribution in [0.25, 0.3) is 22.3 Å². The molecule has 0 amide bonds. The molecule has 0 unspecified atom stereocenters. The normalized spacial score (nSPS) is 12.9. The van der Waals surface area contributed by atoms with E-state index in [9.17, 15) is 22.7 Å². The van der Waals surface area contributed by atoms with Crippen molar-refractivity contribution in [3.05, 3.63) is 77.0 Å². The lowest BCUT2D eigenvalue weighted by molar-refractivity contribution is 0.0687. The summed E-state index contributed by atoms with van der Waals surface area (Å²) in [7, 11) is 0. The van der Waals surface area contributed by atoms with Gasteiger partial charge in [-0.2, -0.15) is 0 Å². The van der Waals surface area contributed by atoms with Gasteiger partial charge in [0, 0.05) is 35.8 Å². The predicted octanol–water partition coefficient (Wildman–Crippen LogP) is 5.66. The SMILES string of the molecule is CC(C)(O)c1ncc(-c2nc3c(N[C@@H](c4ccccc4F)C(F)F)c(Cl)cnc3cc2F)cn1. The van der Waals surface area contributed by atoms with E-state index in [2.05, 4.69) is 25.3 Å². The molecular weight excluding hydrogens is 474 g/mol. The summed E-state index contributed by atoms with van der Waals surface area (Å²) in [6.45, 7) is 2.99. The Morgan fingerprint density at radius 3 is 2.29 bits per heavy atom. The second-order valence-corrected chi connectivity index (χ2v) is 8.41. The number of fused-ring (bicyclic) bond motifs is 1. The lowest BCUT2D eigenvalue weighted by atomic mass is 10.1. The van der Waals surface area contributed by atoms with Crippen molar-refractivity contribution < 1.29 is 22.7 Å². The van der Waals surface area contributed by atoms with Crippen LogP contribution in [0.4, 0.5) is 23.2 Å². The van der Waals surface area contributed by atoms with Crippen LogP contribution in [0.1, 0.15) is 31.3 Å². The Hall–Kier alpha value is -3.37. The summed E-state index contributed by atoms with van der Waals surface area (Å²) < 4.78 is 56.9. The fourth-order valence-corrected chi connectivity index (χ4v) is 3.52. The van der Waals surface area contributed by atoms with Crippen molar-refractivity contribution in [2.24, 2.45) is 0 Å². The number of nitrogens with zero attached hydrogens (tertiary/aromatic N) is 4. The number of benzene rings is 1. The maximum atomic E-state index is 14.9. The van der Waals surface area contributed by atoms with Gasteiger partial charge in [0.05, 0.1) is 16.2 Å². The molecule has 0 radical (unpaired) electrons. The zero-order valence-electron chi connectivity index (χ0n) is 17.9. The van der Waals surface area contributed by atoms with Gasteiger partial charge in [0.25, 0.3) is 6.43 Å². The lowest BCUT2D eigenvalue weighted by Crippen LogP contribution is -2.21. The van der Waals surface area contributed by atoms with Crippen molar-refractivity contribution in [3.63, 3.8) is 0 Å². The van der Waals surface area contributed by atoms with Crippen LogP contribution >= 0.6 is 11.6 Å². The second kappa shape index (κ2) is 9.11. The monoisotopic (exact) mass is 491 g/mol. The van der Waals surface area contributed by atoms with E-state index in [0.29, 0.717) is 0 Å². The van der Waals surface area contributed by atoms with Gasteiger partial charge in [0.1, 0.15) is 28.7 Å². The zero-order chi connectivity index (χ0) is 24.6. The van der Waals surface area contributed by atoms with Crippen molar-refractivity contribution in [2.45, 2.75) is 31.9 Å². The Morgan fingerprint density at radius 2 is 1.68 bits per heavy atom. The number of hydrogen-bond acceptors (Lipinski definition) is 6. The summed E-state index contributed by atoms with van der Waals surface area (Å²) in [5.41, 5.74) is -1.59. The van der Waals surface area contributed by atoms with Crippen molar-refractivity contribution in [1.29, 1.82) is 0 Å². The minimum absolute atomic E-state index is 0.00236. The molecule has 1 atom stereocenters. The molecule has 34 heavy (non-hydrogen) atoms. The number of pyridine rings is 2. The second-order valence-electron chi connectivity index (χ2n) is 8.00. The van der Waals surface area contributed by atoms with Crippen LogP contribution in [0.3, 0.4) is 0 Å². The first kappa shape index (κ1) is 23.8. The molecule has 2 N–H and O–H groups in total. The van der Waals surface area contributed by atoms with Gasteiger partial charge in [-0.1, -0.05) is 29.8 Å². The Bertz CT molecular complexity index is 1350. The molecule has 0 saturated heterocycles. The van der Waals surface area contributed by atoms with Crippen molar-refractivity contribution in [2.75, 3.05) is 5.32 Å². The molecule has 0 aliphatic heterocycles. The summed E-state index contributed by atoms with van der Waals surface area (Å²) in [5.74, 6) is -1.46. The zero-order valence-corrected chi connectivity index (χ0v) is 18.7. The maximum Gasteiger partial charge on any atom is 0.262 e. The molecule has 0 aliphatic rings. The van der Waals surface area contributed by atoms with Crippen LogP contribution in [0.2, 0.25) is 5.02 Å². The average molecular weight is 492 g/mol. The quantitative estimate of drug-likeness (QED) is 0.338. The highest BCUT2D eigenvalue weighted by atomic mass is 35.5. The van der Waals surface area contributed by atoms with Crippen LogP contribution in [0.15, 0.2) is 48.9 Å². The number of halogens is 5. The standard InChI is InChI=1S/C23H18ClF4N5O/c1-23(2,34)22-30-8-11(9-31-22)17-15(26)7-16-20(32-17)19(13(24)10-29-16)33-18(21(27)28)12-5-3-4-6-14(12)25/h3-10,18,21,34H,1-2H3,(H,29,33)/t18-/m0/s1. The van der Waals surface area contributed by atoms with E-state index in [1.165, 1.54) is 44.4 Å². The fourth-order valence-electron chi connectivity index (χ4n) is 3.33. The van der Waals surface area contributed by atoms with E-state index < -0.39 is 29.7 Å². The largest absolute Gasteiger partial charge is 0.382 e. The molecule has 0 aliphatic carbocycles. The molecule has 0 spiro atoms. The van der Waals surface area contributed by atoms with Crippen molar-refractivity contribution >= 4 is 28.3 Å². The van der Waals surface area contributed by atoms with E-state index in [4.69, 9.17) is 11.6 Å². The minimum Gasteiger partial charge on any atom is -0.382 e. The summed E-state index contributed by atoms with van der Waals surface area (Å²) in [6.07, 6.45) is 0.727. The molecule has 11 heteroatoms. The number of hydrogen-bond donors (Lipinski definition) is 2. The maximum absolute atomic E-state index is 14.9. The van der Waals surface area contributed by atoms with Crippen molar-refractivity contribution in [3.8, 4) is 11.3 Å². The Morgan fingerprint density at radius 1 is 1.00 bits per heavy atom. The van der Waals surface area contributed by atoms with Gasteiger partial charge in [0.15, 0.2) is 11.6 Å². The Labute approximate surface area is 196 Å². The number of nitrogens with one attached hydrogen (secondary N) is 1. The van der Waals surface area contributed by atoms with E-state index in [0.717, 1.165) is 18.3 Å². The van der Waals surface area contributed by atoms with Gasteiger partial charge in [-0.05, 0) is 19.9 Å². The molecule has 1 aromatic carbocycles. The van der Waals surface area contributed by atoms with Gasteiger partial charge in [-0.3, -0.25) is 4.98 Å². The van der Waals surface area contributed by atoms with Gasteiger partial charge in [0.2, 0.25) is 0 Å². The van der Waals surface area contributed by atoms with E-state index in [1.54, 1.807) is 0 Å². The molecular formula is C23H18ClF4N5O. The summed E-state index contributed by atoms with van der Waals surface area (Å²) in [6, 6.07) is 4.44. The number of rotatable bonds is 6. The third kappa shape index (κ3) is 4.64. The van der Waals surface area contributed by atoms with E-state index in [-0.39, 0.29) is 44.4 Å². The molecule has 0 saturated carbocycles. The van der Waals surface area contributed by atoms with E-state index in [1.807, 2.05) is 0 Å². The molecule has 3 aromatic heterocycles. The predicted molar refractivity (Wildman–Crippen MR) is 120 cm³/mol. The Kier molecular flexibility index (Phi) is 6.37. The third-order valence-electron chi connectivity index (χ3n) is 5.01. The lowest BCUT2D eigenvalue weighted by Gasteiger charge is -2.21. The van der Waals surface area contributed by atoms with Gasteiger partial charge < -0.3 is 10.4 Å². The summed E-state index contributed by atoms with van der Waals surface area (Å²) >= 11 is 6.24. The van der Waals surface area contributed by atoms with Crippen LogP contribution in [0.5, 0.6) is 0 Å². The summed E-state index contributed by atoms with van der Waals surface area (Å²) in [5, 5.41) is 12.5. The number of anilines is 1. The van der Waals surface area contributed by atoms with Gasteiger partial charge in [-0.25, -0.2) is 32.5 Å². The van der Waals surface area contributed by atoms with Crippen LogP contribution in [-0.2, 0) is 5.60 Å². The molecule has 0 fully saturated rings. The summed E-state index contributed by atoms with van der Waals surface area (Å²) in [4.78, 5) is 16.4. The van der Waals surface area contributed by atoms with Gasteiger partial charge >= 0.3 is 0 Å². The highest BCUT2D eigenvalue weighted by Crippen LogP contribution is 2.36. The first-order valence-corrected chi connectivity index (χ1v) is 10.4. The number of aromatic nitrogens is 4. The number of alkyl halides is 2. The molecule has 6 nitrogen and oxygen atoms in total. The topological polar surface area (TPSA) is 83.8 Å². The first-order chi connectivity index (χ1) is 16.1. The average Bonchev–Trinajstić information content (AvgIpc) is 2.78. The van der Waals surface area contributed by atoms with Crippen LogP contribution < -0.4 is 5.32 Å². The Balaban J connectivity index is 1.83. The smallest absolute Gasteiger partial charge is 0.262 e. The van der Waals surface area contributed by atoms with Crippen molar-refractivity contribution in [1.82, 2.24) is 19.9 Å². The molecule has 4 rings (SSSR count). The van der Waals surface area contributed by atoms with Crippen LogP contribution in [-0.4, -0.2) is 31.5 Å². The molecule has 0 bridgehead atoms. The van der Waals surface area contributed by atoms with E-state index >= 15 is 0 Å². The molecule has 4 aromatic rings.